The molecular weight excluding hydrogens is 172 g/mol. The maximum atomic E-state index is 10.9. The Bertz CT molecular complexity index is 299. The number of nitrogens with two attached hydrogens (primary N) is 2. The molecule has 1 heterocycles. The minimum Gasteiger partial charge on any atom is -0.370 e. The molecule has 70 valence electrons. The highest BCUT2D eigenvalue weighted by atomic mass is 16.2. The van der Waals surface area contributed by atoms with Crippen LogP contribution in [0.2, 0.25) is 0 Å². The smallest absolute Gasteiger partial charge is 0.345 e. The lowest BCUT2D eigenvalue weighted by atomic mass is 10.8. The van der Waals surface area contributed by atoms with Crippen molar-refractivity contribution in [3.8, 4) is 0 Å². The van der Waals surface area contributed by atoms with E-state index in [1.54, 1.807) is 23.3 Å². The molecule has 0 spiro atoms. The number of carbonyl (C=O) groups is 1. The quantitative estimate of drug-likeness (QED) is 0.395. The van der Waals surface area contributed by atoms with Crippen molar-refractivity contribution in [1.29, 1.82) is 0 Å². The molecule has 1 aromatic rings. The molecule has 2 amide bonds. The molecule has 0 aliphatic carbocycles. The zero-order valence-electron chi connectivity index (χ0n) is 6.84. The fourth-order valence-corrected chi connectivity index (χ4v) is 0.696. The molecule has 0 fully saturated rings. The molecule has 0 saturated carbocycles. The van der Waals surface area contributed by atoms with Crippen molar-refractivity contribution < 1.29 is 4.79 Å². The number of rotatable bonds is 2. The van der Waals surface area contributed by atoms with E-state index in [1.165, 1.54) is 0 Å². The summed E-state index contributed by atoms with van der Waals surface area (Å²) in [5.74, 6) is -0.261. The number of imidazole rings is 1. The minimum absolute atomic E-state index is 0.261. The van der Waals surface area contributed by atoms with Gasteiger partial charge in [0.1, 0.15) is 0 Å². The van der Waals surface area contributed by atoms with E-state index in [0.29, 0.717) is 0 Å². The highest BCUT2D eigenvalue weighted by Crippen LogP contribution is 1.82. The largest absolute Gasteiger partial charge is 0.370 e. The van der Waals surface area contributed by atoms with Gasteiger partial charge in [0.05, 0.1) is 13.0 Å². The molecule has 7 nitrogen and oxygen atoms in total. The van der Waals surface area contributed by atoms with Crippen LogP contribution in [0.25, 0.3) is 0 Å². The standard InChI is InChI=1S/C6H10N6O/c7-5(8)11-6(13)10-4-12-2-1-9-3-12/h1-3H,4H2,(H5,7,8,10,11,13). The first-order valence-corrected chi connectivity index (χ1v) is 3.51. The normalized spacial score (nSPS) is 9.23. The summed E-state index contributed by atoms with van der Waals surface area (Å²) < 4.78 is 1.67. The van der Waals surface area contributed by atoms with E-state index < -0.39 is 6.03 Å². The Morgan fingerprint density at radius 1 is 1.62 bits per heavy atom. The van der Waals surface area contributed by atoms with E-state index in [0.717, 1.165) is 0 Å². The summed E-state index contributed by atoms with van der Waals surface area (Å²) in [5.41, 5.74) is 9.98. The van der Waals surface area contributed by atoms with Crippen molar-refractivity contribution in [3.63, 3.8) is 0 Å². The summed E-state index contributed by atoms with van der Waals surface area (Å²) in [6.07, 6.45) is 4.87. The van der Waals surface area contributed by atoms with Gasteiger partial charge in [-0.25, -0.2) is 9.78 Å². The van der Waals surface area contributed by atoms with Crippen LogP contribution in [-0.4, -0.2) is 21.5 Å². The lowest BCUT2D eigenvalue weighted by molar-refractivity contribution is 0.246. The van der Waals surface area contributed by atoms with Gasteiger partial charge in [-0.2, -0.15) is 4.99 Å². The first-order chi connectivity index (χ1) is 6.18. The number of urea groups is 1. The van der Waals surface area contributed by atoms with Crippen molar-refractivity contribution in [2.45, 2.75) is 6.67 Å². The molecule has 0 aliphatic rings. The molecule has 0 saturated heterocycles. The fraction of sp³-hybridized carbons (Fsp3) is 0.167. The first-order valence-electron chi connectivity index (χ1n) is 3.51. The molecule has 7 heteroatoms. The van der Waals surface area contributed by atoms with E-state index in [4.69, 9.17) is 11.5 Å². The van der Waals surface area contributed by atoms with Crippen LogP contribution in [0.5, 0.6) is 0 Å². The lowest BCUT2D eigenvalue weighted by Gasteiger charge is -2.01. The Kier molecular flexibility index (Phi) is 2.85. The summed E-state index contributed by atoms with van der Waals surface area (Å²) >= 11 is 0. The molecule has 0 atom stereocenters. The van der Waals surface area contributed by atoms with Crippen LogP contribution < -0.4 is 16.8 Å². The monoisotopic (exact) mass is 182 g/mol. The number of aromatic nitrogens is 2. The van der Waals surface area contributed by atoms with E-state index in [1.807, 2.05) is 0 Å². The lowest BCUT2D eigenvalue weighted by Crippen LogP contribution is -2.29. The van der Waals surface area contributed by atoms with Crippen LogP contribution in [-0.2, 0) is 6.67 Å². The molecule has 1 rings (SSSR count). The zero-order valence-corrected chi connectivity index (χ0v) is 6.84. The van der Waals surface area contributed by atoms with Crippen molar-refractivity contribution in [2.24, 2.45) is 16.5 Å². The maximum absolute atomic E-state index is 10.9. The average molecular weight is 182 g/mol. The summed E-state index contributed by atoms with van der Waals surface area (Å²) in [4.78, 5) is 17.9. The van der Waals surface area contributed by atoms with Gasteiger partial charge in [-0.3, -0.25) is 0 Å². The molecule has 0 bridgehead atoms. The molecular formula is C6H10N6O. The average Bonchev–Trinajstić information content (AvgIpc) is 2.51. The number of nitrogens with zero attached hydrogens (tertiary/aromatic N) is 3. The predicted molar refractivity (Wildman–Crippen MR) is 46.6 cm³/mol. The molecule has 1 aromatic heterocycles. The second kappa shape index (κ2) is 4.10. The van der Waals surface area contributed by atoms with E-state index in [-0.39, 0.29) is 12.6 Å². The van der Waals surface area contributed by atoms with Crippen LogP contribution in [0.4, 0.5) is 4.79 Å². The van der Waals surface area contributed by atoms with Gasteiger partial charge in [0.15, 0.2) is 5.96 Å². The Labute approximate surface area is 74.5 Å². The predicted octanol–water partition coefficient (Wildman–Crippen LogP) is -1.18. The second-order valence-electron chi connectivity index (χ2n) is 2.25. The SMILES string of the molecule is NC(N)=NC(=O)NCn1ccnc1. The van der Waals surface area contributed by atoms with Gasteiger partial charge in [0, 0.05) is 12.4 Å². The van der Waals surface area contributed by atoms with Crippen LogP contribution >= 0.6 is 0 Å². The molecule has 0 aromatic carbocycles. The van der Waals surface area contributed by atoms with E-state index >= 15 is 0 Å². The molecule has 0 aliphatic heterocycles. The number of hydrogen-bond acceptors (Lipinski definition) is 2. The van der Waals surface area contributed by atoms with Crippen molar-refractivity contribution in [1.82, 2.24) is 14.9 Å². The summed E-state index contributed by atoms with van der Waals surface area (Å²) in [6.45, 7) is 0.287. The summed E-state index contributed by atoms with van der Waals surface area (Å²) in [7, 11) is 0. The Morgan fingerprint density at radius 2 is 2.38 bits per heavy atom. The Hall–Kier alpha value is -2.05. The number of nitrogens with one attached hydrogen (secondary N) is 1. The van der Waals surface area contributed by atoms with Crippen molar-refractivity contribution >= 4 is 12.0 Å². The number of hydrogen-bond donors (Lipinski definition) is 3. The Morgan fingerprint density at radius 3 is 2.92 bits per heavy atom. The van der Waals surface area contributed by atoms with Gasteiger partial charge in [-0.15, -0.1) is 0 Å². The molecule has 13 heavy (non-hydrogen) atoms. The molecule has 0 unspecified atom stereocenters. The maximum Gasteiger partial charge on any atom is 0.345 e. The highest BCUT2D eigenvalue weighted by molar-refractivity contribution is 5.90. The number of aliphatic imine (C=N–C) groups is 1. The highest BCUT2D eigenvalue weighted by Gasteiger charge is 1.96. The molecule has 5 N–H and O–H groups in total. The first kappa shape index (κ1) is 9.04. The van der Waals surface area contributed by atoms with Crippen LogP contribution in [0.3, 0.4) is 0 Å². The van der Waals surface area contributed by atoms with Gasteiger partial charge in [-0.1, -0.05) is 0 Å². The van der Waals surface area contributed by atoms with Crippen LogP contribution in [0.15, 0.2) is 23.7 Å². The van der Waals surface area contributed by atoms with Crippen LogP contribution in [0, 0.1) is 0 Å². The van der Waals surface area contributed by atoms with E-state index in [9.17, 15) is 4.79 Å². The van der Waals surface area contributed by atoms with Gasteiger partial charge >= 0.3 is 6.03 Å². The number of amides is 2. The van der Waals surface area contributed by atoms with Gasteiger partial charge in [-0.05, 0) is 0 Å². The third-order valence-corrected chi connectivity index (χ3v) is 1.20. The van der Waals surface area contributed by atoms with Gasteiger partial charge in [0.25, 0.3) is 0 Å². The molecule has 0 radical (unpaired) electrons. The summed E-state index contributed by atoms with van der Waals surface area (Å²) in [5, 5.41) is 2.45. The van der Waals surface area contributed by atoms with E-state index in [2.05, 4.69) is 15.3 Å². The fourth-order valence-electron chi connectivity index (χ4n) is 0.696. The number of guanidine groups is 1. The van der Waals surface area contributed by atoms with Crippen molar-refractivity contribution in [2.75, 3.05) is 0 Å². The minimum atomic E-state index is -0.575. The zero-order chi connectivity index (χ0) is 9.68. The summed E-state index contributed by atoms with van der Waals surface area (Å²) in [6, 6.07) is -0.575. The van der Waals surface area contributed by atoms with Gasteiger partial charge < -0.3 is 21.4 Å². The van der Waals surface area contributed by atoms with Crippen molar-refractivity contribution in [3.05, 3.63) is 18.7 Å². The van der Waals surface area contributed by atoms with Gasteiger partial charge in [0.2, 0.25) is 0 Å². The number of carbonyl (C=O) groups excluding carboxylic acids is 1. The third kappa shape index (κ3) is 3.23. The van der Waals surface area contributed by atoms with Crippen LogP contribution in [0.1, 0.15) is 0 Å². The Balaban J connectivity index is 2.35. The topological polar surface area (TPSA) is 111 Å². The third-order valence-electron chi connectivity index (χ3n) is 1.20. The second-order valence-corrected chi connectivity index (χ2v) is 2.25.